The summed E-state index contributed by atoms with van der Waals surface area (Å²) in [7, 11) is 0. The number of anilines is 1. The molecule has 2 unspecified atom stereocenters. The minimum Gasteiger partial charge on any atom is -0.322 e. The number of carbonyl (C=O) groups is 1. The van der Waals surface area contributed by atoms with Crippen LogP contribution >= 0.6 is 23.2 Å². The van der Waals surface area contributed by atoms with Crippen LogP contribution in [-0.2, 0) is 4.79 Å². The summed E-state index contributed by atoms with van der Waals surface area (Å²) in [5.41, 5.74) is 0.488. The van der Waals surface area contributed by atoms with Crippen molar-refractivity contribution in [3.05, 3.63) is 28.2 Å². The second-order valence-corrected chi connectivity index (χ2v) is 6.56. The average Bonchev–Trinajstić information content (AvgIpc) is 2.65. The molecule has 0 spiro atoms. The molecule has 1 aliphatic carbocycles. The maximum absolute atomic E-state index is 12.1. The summed E-state index contributed by atoms with van der Waals surface area (Å²) in [6.07, 6.45) is 6.20. The van der Waals surface area contributed by atoms with Crippen LogP contribution < -0.4 is 10.6 Å². The standard InChI is InChI=1S/C16H22Cl2N2O/c1-11-6-3-2-4-9-14(11)19-10-15(21)20-16-12(17)7-5-8-13(16)18/h5,7-8,11,14,19H,2-4,6,9-10H2,1H3,(H,20,21). The van der Waals surface area contributed by atoms with E-state index in [0.717, 1.165) is 6.42 Å². The van der Waals surface area contributed by atoms with Gasteiger partial charge in [0.2, 0.25) is 5.91 Å². The van der Waals surface area contributed by atoms with Gasteiger partial charge in [0, 0.05) is 6.04 Å². The predicted octanol–water partition coefficient (Wildman–Crippen LogP) is 4.49. The summed E-state index contributed by atoms with van der Waals surface area (Å²) < 4.78 is 0. The van der Waals surface area contributed by atoms with Crippen molar-refractivity contribution in [3.63, 3.8) is 0 Å². The highest BCUT2D eigenvalue weighted by Crippen LogP contribution is 2.29. The molecule has 1 aromatic rings. The molecule has 0 aliphatic heterocycles. The van der Waals surface area contributed by atoms with Gasteiger partial charge in [0.15, 0.2) is 0 Å². The minimum atomic E-state index is -0.110. The van der Waals surface area contributed by atoms with Crippen LogP contribution in [0.5, 0.6) is 0 Å². The van der Waals surface area contributed by atoms with Crippen LogP contribution in [-0.4, -0.2) is 18.5 Å². The molecule has 0 bridgehead atoms. The molecule has 1 saturated carbocycles. The van der Waals surface area contributed by atoms with Gasteiger partial charge in [-0.25, -0.2) is 0 Å². The van der Waals surface area contributed by atoms with Gasteiger partial charge in [-0.15, -0.1) is 0 Å². The molecule has 3 nitrogen and oxygen atoms in total. The normalized spacial score (nSPS) is 22.6. The van der Waals surface area contributed by atoms with Crippen molar-refractivity contribution in [1.29, 1.82) is 0 Å². The van der Waals surface area contributed by atoms with E-state index in [0.29, 0.717) is 27.7 Å². The van der Waals surface area contributed by atoms with E-state index >= 15 is 0 Å². The number of carbonyl (C=O) groups excluding carboxylic acids is 1. The van der Waals surface area contributed by atoms with E-state index in [4.69, 9.17) is 23.2 Å². The van der Waals surface area contributed by atoms with Gasteiger partial charge in [0.25, 0.3) is 0 Å². The van der Waals surface area contributed by atoms with Crippen LogP contribution in [0.15, 0.2) is 18.2 Å². The summed E-state index contributed by atoms with van der Waals surface area (Å²) in [6.45, 7) is 2.54. The number of nitrogens with one attached hydrogen (secondary N) is 2. The molecule has 2 N–H and O–H groups in total. The molecule has 2 atom stereocenters. The fourth-order valence-electron chi connectivity index (χ4n) is 2.82. The van der Waals surface area contributed by atoms with E-state index in [1.54, 1.807) is 18.2 Å². The Balaban J connectivity index is 1.87. The summed E-state index contributed by atoms with van der Waals surface area (Å²) >= 11 is 12.1. The highest BCUT2D eigenvalue weighted by Gasteiger charge is 2.20. The Morgan fingerprint density at radius 1 is 1.19 bits per heavy atom. The smallest absolute Gasteiger partial charge is 0.238 e. The van der Waals surface area contributed by atoms with Crippen LogP contribution in [0.3, 0.4) is 0 Å². The molecule has 0 saturated heterocycles. The fraction of sp³-hybridized carbons (Fsp3) is 0.562. The van der Waals surface area contributed by atoms with Crippen molar-refractivity contribution in [2.24, 2.45) is 5.92 Å². The van der Waals surface area contributed by atoms with E-state index in [-0.39, 0.29) is 12.5 Å². The molecule has 0 radical (unpaired) electrons. The number of hydrogen-bond donors (Lipinski definition) is 2. The summed E-state index contributed by atoms with van der Waals surface area (Å²) in [5, 5.41) is 7.07. The van der Waals surface area contributed by atoms with Crippen molar-refractivity contribution in [3.8, 4) is 0 Å². The molecule has 1 aliphatic rings. The topological polar surface area (TPSA) is 41.1 Å². The van der Waals surface area contributed by atoms with Gasteiger partial charge in [0.1, 0.15) is 0 Å². The lowest BCUT2D eigenvalue weighted by molar-refractivity contribution is -0.115. The van der Waals surface area contributed by atoms with Gasteiger partial charge in [0.05, 0.1) is 22.3 Å². The Bertz CT molecular complexity index is 473. The van der Waals surface area contributed by atoms with E-state index in [1.165, 1.54) is 25.7 Å². The third-order valence-corrected chi connectivity index (χ3v) is 4.74. The maximum atomic E-state index is 12.1. The molecule has 1 aromatic carbocycles. The van der Waals surface area contributed by atoms with Crippen LogP contribution in [0.1, 0.15) is 39.0 Å². The van der Waals surface area contributed by atoms with Crippen LogP contribution in [0, 0.1) is 5.92 Å². The van der Waals surface area contributed by atoms with Gasteiger partial charge in [-0.1, -0.05) is 55.5 Å². The maximum Gasteiger partial charge on any atom is 0.238 e. The number of hydrogen-bond acceptors (Lipinski definition) is 2. The molecular weight excluding hydrogens is 307 g/mol. The number of para-hydroxylation sites is 1. The number of rotatable bonds is 4. The first-order valence-corrected chi connectivity index (χ1v) is 8.30. The Morgan fingerprint density at radius 2 is 1.86 bits per heavy atom. The van der Waals surface area contributed by atoms with Gasteiger partial charge < -0.3 is 10.6 Å². The zero-order chi connectivity index (χ0) is 15.2. The Hall–Kier alpha value is -0.770. The number of amides is 1. The predicted molar refractivity (Wildman–Crippen MR) is 89.1 cm³/mol. The molecular formula is C16H22Cl2N2O. The van der Waals surface area contributed by atoms with E-state index in [9.17, 15) is 4.79 Å². The second-order valence-electron chi connectivity index (χ2n) is 5.75. The summed E-state index contributed by atoms with van der Waals surface area (Å²) in [6, 6.07) is 5.60. The monoisotopic (exact) mass is 328 g/mol. The summed E-state index contributed by atoms with van der Waals surface area (Å²) in [4.78, 5) is 12.1. The lowest BCUT2D eigenvalue weighted by atomic mass is 9.97. The molecule has 0 aromatic heterocycles. The molecule has 21 heavy (non-hydrogen) atoms. The highest BCUT2D eigenvalue weighted by molar-refractivity contribution is 6.39. The number of benzene rings is 1. The Kier molecular flexibility index (Phi) is 6.34. The third-order valence-electron chi connectivity index (χ3n) is 4.11. The van der Waals surface area contributed by atoms with Gasteiger partial charge in [-0.3, -0.25) is 4.79 Å². The zero-order valence-electron chi connectivity index (χ0n) is 12.3. The van der Waals surface area contributed by atoms with E-state index < -0.39 is 0 Å². The summed E-state index contributed by atoms with van der Waals surface area (Å²) in [5.74, 6) is 0.505. The van der Waals surface area contributed by atoms with Gasteiger partial charge in [-0.05, 0) is 30.9 Å². The molecule has 0 heterocycles. The van der Waals surface area contributed by atoms with Crippen molar-refractivity contribution >= 4 is 34.8 Å². The molecule has 2 rings (SSSR count). The lowest BCUT2D eigenvalue weighted by Crippen LogP contribution is -2.39. The van der Waals surface area contributed by atoms with Crippen LogP contribution in [0.2, 0.25) is 10.0 Å². The Labute approximate surface area is 136 Å². The zero-order valence-corrected chi connectivity index (χ0v) is 13.8. The first-order chi connectivity index (χ1) is 10.1. The van der Waals surface area contributed by atoms with Gasteiger partial charge >= 0.3 is 0 Å². The SMILES string of the molecule is CC1CCCCCC1NCC(=O)Nc1c(Cl)cccc1Cl. The molecule has 5 heteroatoms. The van der Waals surface area contributed by atoms with Crippen molar-refractivity contribution in [2.75, 3.05) is 11.9 Å². The van der Waals surface area contributed by atoms with E-state index in [1.807, 2.05) is 0 Å². The van der Waals surface area contributed by atoms with Crippen molar-refractivity contribution in [2.45, 2.75) is 45.1 Å². The van der Waals surface area contributed by atoms with Crippen molar-refractivity contribution < 1.29 is 4.79 Å². The van der Waals surface area contributed by atoms with E-state index in [2.05, 4.69) is 17.6 Å². The second kappa shape index (κ2) is 8.02. The molecule has 1 amide bonds. The lowest BCUT2D eigenvalue weighted by Gasteiger charge is -2.22. The van der Waals surface area contributed by atoms with Crippen LogP contribution in [0.4, 0.5) is 5.69 Å². The quantitative estimate of drug-likeness (QED) is 0.799. The number of halogens is 2. The third kappa shape index (κ3) is 4.87. The first-order valence-electron chi connectivity index (χ1n) is 7.55. The largest absolute Gasteiger partial charge is 0.322 e. The van der Waals surface area contributed by atoms with Gasteiger partial charge in [-0.2, -0.15) is 0 Å². The fourth-order valence-corrected chi connectivity index (χ4v) is 3.31. The Morgan fingerprint density at radius 3 is 2.57 bits per heavy atom. The molecule has 1 fully saturated rings. The molecule has 116 valence electrons. The first kappa shape index (κ1) is 16.6. The minimum absolute atomic E-state index is 0.110. The van der Waals surface area contributed by atoms with Crippen LogP contribution in [0.25, 0.3) is 0 Å². The highest BCUT2D eigenvalue weighted by atomic mass is 35.5. The van der Waals surface area contributed by atoms with Crippen molar-refractivity contribution in [1.82, 2.24) is 5.32 Å². The average molecular weight is 329 g/mol.